The zero-order valence-electron chi connectivity index (χ0n) is 12.0. The van der Waals surface area contributed by atoms with E-state index in [1.807, 2.05) is 12.1 Å². The van der Waals surface area contributed by atoms with Crippen LogP contribution >= 0.6 is 12.2 Å². The maximum absolute atomic E-state index is 9.65. The summed E-state index contributed by atoms with van der Waals surface area (Å²) >= 11 is 5.27. The second-order valence-electron chi connectivity index (χ2n) is 5.19. The fourth-order valence-corrected chi connectivity index (χ4v) is 2.85. The highest BCUT2D eigenvalue weighted by molar-refractivity contribution is 7.80. The number of nitrogens with one attached hydrogen (secondary N) is 2. The third-order valence-corrected chi connectivity index (χ3v) is 3.95. The topological polar surface area (TPSA) is 56.7 Å². The molecule has 3 rings (SSSR count). The molecule has 5 heteroatoms. The minimum atomic E-state index is 0.191. The van der Waals surface area contributed by atoms with Gasteiger partial charge in [-0.15, -0.1) is 0 Å². The van der Waals surface area contributed by atoms with Crippen molar-refractivity contribution < 1.29 is 5.11 Å². The van der Waals surface area contributed by atoms with Crippen molar-refractivity contribution in [2.75, 3.05) is 0 Å². The molecule has 0 radical (unpaired) electrons. The number of aromatic hydroxyl groups is 1. The van der Waals surface area contributed by atoms with Gasteiger partial charge in [0.1, 0.15) is 5.75 Å². The molecule has 0 unspecified atom stereocenters. The number of aryl methyl sites for hydroxylation is 1. The van der Waals surface area contributed by atoms with E-state index in [-0.39, 0.29) is 11.8 Å². The van der Waals surface area contributed by atoms with Gasteiger partial charge in [0.25, 0.3) is 0 Å². The van der Waals surface area contributed by atoms with Crippen LogP contribution in [0.4, 0.5) is 0 Å². The van der Waals surface area contributed by atoms with Crippen LogP contribution in [-0.2, 0) is 6.42 Å². The third-order valence-electron chi connectivity index (χ3n) is 3.74. The Morgan fingerprint density at radius 2 is 1.95 bits per heavy atom. The Bertz CT molecular complexity index is 715. The number of phenolic OH excluding ortho intramolecular Hbond substituents is 1. The van der Waals surface area contributed by atoms with Crippen molar-refractivity contribution in [1.29, 1.82) is 0 Å². The third kappa shape index (κ3) is 3.26. The maximum Gasteiger partial charge on any atom is 0.187 e. The number of para-hydroxylation sites is 1. The lowest BCUT2D eigenvalue weighted by Gasteiger charge is -2.15. The summed E-state index contributed by atoms with van der Waals surface area (Å²) in [7, 11) is 0. The molecule has 0 heterocycles. The summed E-state index contributed by atoms with van der Waals surface area (Å²) in [5.74, 6) is 0.191. The van der Waals surface area contributed by atoms with Gasteiger partial charge in [-0.3, -0.25) is 5.43 Å². The van der Waals surface area contributed by atoms with Gasteiger partial charge in [-0.25, -0.2) is 0 Å². The van der Waals surface area contributed by atoms with Crippen LogP contribution in [-0.4, -0.2) is 16.4 Å². The highest BCUT2D eigenvalue weighted by Gasteiger charge is 2.21. The molecule has 0 bridgehead atoms. The van der Waals surface area contributed by atoms with Crippen LogP contribution < -0.4 is 10.7 Å². The molecule has 2 aromatic rings. The van der Waals surface area contributed by atoms with Crippen LogP contribution in [0.15, 0.2) is 53.6 Å². The van der Waals surface area contributed by atoms with Crippen LogP contribution in [0.2, 0.25) is 0 Å². The number of benzene rings is 2. The predicted octanol–water partition coefficient (Wildman–Crippen LogP) is 2.88. The van der Waals surface area contributed by atoms with Gasteiger partial charge >= 0.3 is 0 Å². The standard InChI is InChI=1S/C17H17N3OS/c21-16-8-4-2-6-13(16)11-18-20-17(22)19-15-10-9-12-5-1-3-7-14(12)15/h1-8,11,15,21H,9-10H2,(H2,19,20,22)/b18-11-/t15-/m0/s1. The molecule has 1 aliphatic carbocycles. The lowest BCUT2D eigenvalue weighted by molar-refractivity contribution is 0.474. The number of hydrogen-bond acceptors (Lipinski definition) is 3. The molecule has 0 saturated carbocycles. The SMILES string of the molecule is Oc1ccccc1/C=N\NC(=S)N[C@H]1CCc2ccccc21. The van der Waals surface area contributed by atoms with Crippen molar-refractivity contribution in [3.8, 4) is 5.75 Å². The van der Waals surface area contributed by atoms with Crippen LogP contribution in [0.25, 0.3) is 0 Å². The summed E-state index contributed by atoms with van der Waals surface area (Å²) in [6.45, 7) is 0. The van der Waals surface area contributed by atoms with Gasteiger partial charge in [-0.2, -0.15) is 5.10 Å². The minimum Gasteiger partial charge on any atom is -0.507 e. The molecule has 0 aromatic heterocycles. The molecule has 3 N–H and O–H groups in total. The first kappa shape index (κ1) is 14.5. The molecular formula is C17H17N3OS. The van der Waals surface area contributed by atoms with E-state index in [0.29, 0.717) is 10.7 Å². The first-order valence-corrected chi connectivity index (χ1v) is 7.60. The van der Waals surface area contributed by atoms with Gasteiger partial charge in [0.15, 0.2) is 5.11 Å². The van der Waals surface area contributed by atoms with Gasteiger partial charge in [0.05, 0.1) is 12.3 Å². The molecule has 4 nitrogen and oxygen atoms in total. The lowest BCUT2D eigenvalue weighted by Crippen LogP contribution is -2.34. The van der Waals surface area contributed by atoms with Gasteiger partial charge in [0.2, 0.25) is 0 Å². The molecule has 112 valence electrons. The summed E-state index contributed by atoms with van der Waals surface area (Å²) in [5.41, 5.74) is 6.11. The van der Waals surface area contributed by atoms with Crippen LogP contribution in [0.3, 0.4) is 0 Å². The van der Waals surface area contributed by atoms with Gasteiger partial charge in [-0.05, 0) is 48.3 Å². The van der Waals surface area contributed by atoms with Gasteiger partial charge < -0.3 is 10.4 Å². The van der Waals surface area contributed by atoms with E-state index in [2.05, 4.69) is 34.0 Å². The number of thiocarbonyl (C=S) groups is 1. The molecule has 1 aliphatic rings. The molecule has 0 aliphatic heterocycles. The van der Waals surface area contributed by atoms with Crippen LogP contribution in [0.5, 0.6) is 5.75 Å². The molecular weight excluding hydrogens is 294 g/mol. The lowest BCUT2D eigenvalue weighted by atomic mass is 10.1. The highest BCUT2D eigenvalue weighted by Crippen LogP contribution is 2.30. The van der Waals surface area contributed by atoms with E-state index in [9.17, 15) is 5.11 Å². The molecule has 2 aromatic carbocycles. The summed E-state index contributed by atoms with van der Waals surface area (Å²) in [5, 5.41) is 17.5. The molecule has 0 fully saturated rings. The molecule has 22 heavy (non-hydrogen) atoms. The number of nitrogens with zero attached hydrogens (tertiary/aromatic N) is 1. The Morgan fingerprint density at radius 3 is 2.82 bits per heavy atom. The Morgan fingerprint density at radius 1 is 1.18 bits per heavy atom. The van der Waals surface area contributed by atoms with Gasteiger partial charge in [-0.1, -0.05) is 36.4 Å². The van der Waals surface area contributed by atoms with Crippen molar-refractivity contribution in [2.45, 2.75) is 18.9 Å². The van der Waals surface area contributed by atoms with Crippen LogP contribution in [0, 0.1) is 0 Å². The van der Waals surface area contributed by atoms with E-state index in [0.717, 1.165) is 12.8 Å². The second kappa shape index (κ2) is 6.58. The Balaban J connectivity index is 1.57. The molecule has 0 saturated heterocycles. The molecule has 0 spiro atoms. The average Bonchev–Trinajstić information content (AvgIpc) is 2.92. The van der Waals surface area contributed by atoms with Gasteiger partial charge in [0, 0.05) is 5.56 Å². The number of hydrazone groups is 1. The highest BCUT2D eigenvalue weighted by atomic mass is 32.1. The Kier molecular flexibility index (Phi) is 4.34. The smallest absolute Gasteiger partial charge is 0.187 e. The van der Waals surface area contributed by atoms with E-state index in [1.54, 1.807) is 24.4 Å². The monoisotopic (exact) mass is 311 g/mol. The number of hydrogen-bond donors (Lipinski definition) is 3. The van der Waals surface area contributed by atoms with Crippen molar-refractivity contribution in [2.24, 2.45) is 5.10 Å². The zero-order chi connectivity index (χ0) is 15.4. The number of phenols is 1. The van der Waals surface area contributed by atoms with E-state index in [4.69, 9.17) is 12.2 Å². The molecule has 1 atom stereocenters. The summed E-state index contributed by atoms with van der Waals surface area (Å²) < 4.78 is 0. The van der Waals surface area contributed by atoms with Crippen molar-refractivity contribution in [3.05, 3.63) is 65.2 Å². The largest absolute Gasteiger partial charge is 0.507 e. The van der Waals surface area contributed by atoms with E-state index in [1.165, 1.54) is 11.1 Å². The van der Waals surface area contributed by atoms with E-state index >= 15 is 0 Å². The number of fused-ring (bicyclic) bond motifs is 1. The fourth-order valence-electron chi connectivity index (χ4n) is 2.65. The predicted molar refractivity (Wildman–Crippen MR) is 92.1 cm³/mol. The summed E-state index contributed by atoms with van der Waals surface area (Å²) in [6, 6.07) is 15.6. The molecule has 0 amide bonds. The maximum atomic E-state index is 9.65. The van der Waals surface area contributed by atoms with Crippen molar-refractivity contribution in [1.82, 2.24) is 10.7 Å². The van der Waals surface area contributed by atoms with Crippen molar-refractivity contribution in [3.63, 3.8) is 0 Å². The van der Waals surface area contributed by atoms with Crippen LogP contribution in [0.1, 0.15) is 29.2 Å². The van der Waals surface area contributed by atoms with E-state index < -0.39 is 0 Å². The Labute approximate surface area is 134 Å². The van der Waals surface area contributed by atoms with Crippen molar-refractivity contribution >= 4 is 23.5 Å². The normalized spacial score (nSPS) is 16.5. The fraction of sp³-hybridized carbons (Fsp3) is 0.176. The first-order chi connectivity index (χ1) is 10.7. The number of rotatable bonds is 3. The summed E-state index contributed by atoms with van der Waals surface area (Å²) in [4.78, 5) is 0. The summed E-state index contributed by atoms with van der Waals surface area (Å²) in [6.07, 6.45) is 3.65. The first-order valence-electron chi connectivity index (χ1n) is 7.19. The quantitative estimate of drug-likeness (QED) is 0.463. The zero-order valence-corrected chi connectivity index (χ0v) is 12.8. The Hall–Kier alpha value is -2.40. The minimum absolute atomic E-state index is 0.191. The second-order valence-corrected chi connectivity index (χ2v) is 5.60. The average molecular weight is 311 g/mol.